The van der Waals surface area contributed by atoms with Crippen molar-refractivity contribution in [3.05, 3.63) is 21.6 Å². The Kier molecular flexibility index (Phi) is 2.70. The Bertz CT molecular complexity index is 334. The summed E-state index contributed by atoms with van der Waals surface area (Å²) in [7, 11) is 0. The summed E-state index contributed by atoms with van der Waals surface area (Å²) >= 11 is 5.51. The van der Waals surface area contributed by atoms with Gasteiger partial charge in [-0.2, -0.15) is 0 Å². The van der Waals surface area contributed by atoms with E-state index in [2.05, 4.69) is 9.97 Å². The number of rotatable bonds is 2. The maximum atomic E-state index is 11.2. The van der Waals surface area contributed by atoms with Crippen LogP contribution in [0.15, 0.2) is 4.79 Å². The van der Waals surface area contributed by atoms with Crippen molar-refractivity contribution in [2.45, 2.75) is 13.3 Å². The molecule has 12 heavy (non-hydrogen) atoms. The SMILES string of the molecule is Cc1nc(N)[nH]c(=O)c1CCCl. The number of nitrogens with two attached hydrogens (primary N) is 1. The zero-order chi connectivity index (χ0) is 9.14. The minimum atomic E-state index is -0.194. The van der Waals surface area contributed by atoms with Gasteiger partial charge >= 0.3 is 0 Å². The molecule has 1 aromatic heterocycles. The van der Waals surface area contributed by atoms with Crippen LogP contribution in [0.3, 0.4) is 0 Å². The third-order valence-electron chi connectivity index (χ3n) is 1.59. The van der Waals surface area contributed by atoms with Crippen LogP contribution in [0, 0.1) is 6.92 Å². The standard InChI is InChI=1S/C7H10ClN3O/c1-4-5(2-3-8)6(12)11-7(9)10-4/h2-3H2,1H3,(H3,9,10,11,12). The van der Waals surface area contributed by atoms with Crippen LogP contribution in [0.4, 0.5) is 5.95 Å². The summed E-state index contributed by atoms with van der Waals surface area (Å²) in [4.78, 5) is 17.6. The van der Waals surface area contributed by atoms with Gasteiger partial charge < -0.3 is 5.73 Å². The van der Waals surface area contributed by atoms with E-state index >= 15 is 0 Å². The van der Waals surface area contributed by atoms with E-state index in [1.165, 1.54) is 0 Å². The van der Waals surface area contributed by atoms with Crippen LogP contribution < -0.4 is 11.3 Å². The quantitative estimate of drug-likeness (QED) is 0.660. The molecule has 0 atom stereocenters. The van der Waals surface area contributed by atoms with Crippen molar-refractivity contribution in [2.24, 2.45) is 0 Å². The number of aryl methyl sites for hydroxylation is 1. The molecule has 0 bridgehead atoms. The monoisotopic (exact) mass is 187 g/mol. The molecular weight excluding hydrogens is 178 g/mol. The van der Waals surface area contributed by atoms with Gasteiger partial charge in [-0.3, -0.25) is 9.78 Å². The summed E-state index contributed by atoms with van der Waals surface area (Å²) in [6.45, 7) is 1.74. The predicted octanol–water partition coefficient (Wildman–Crippen LogP) is 0.442. The van der Waals surface area contributed by atoms with Gasteiger partial charge in [0.15, 0.2) is 0 Å². The number of hydrogen-bond acceptors (Lipinski definition) is 3. The second-order valence-electron chi connectivity index (χ2n) is 2.45. The van der Waals surface area contributed by atoms with E-state index in [9.17, 15) is 4.79 Å². The van der Waals surface area contributed by atoms with Crippen molar-refractivity contribution in [3.63, 3.8) is 0 Å². The van der Waals surface area contributed by atoms with Gasteiger partial charge in [-0.25, -0.2) is 4.98 Å². The molecule has 3 N–H and O–H groups in total. The highest BCUT2D eigenvalue weighted by molar-refractivity contribution is 6.17. The molecule has 0 aliphatic carbocycles. The Labute approximate surface area is 74.8 Å². The molecule has 0 spiro atoms. The van der Waals surface area contributed by atoms with Gasteiger partial charge in [-0.15, -0.1) is 11.6 Å². The lowest BCUT2D eigenvalue weighted by Crippen LogP contribution is -2.18. The Morgan fingerprint density at radius 2 is 2.33 bits per heavy atom. The molecule has 1 aromatic rings. The zero-order valence-electron chi connectivity index (χ0n) is 6.72. The highest BCUT2D eigenvalue weighted by Gasteiger charge is 2.04. The number of H-pyrrole nitrogens is 1. The molecule has 0 radical (unpaired) electrons. The fourth-order valence-corrected chi connectivity index (χ4v) is 1.21. The first kappa shape index (κ1) is 9.06. The van der Waals surface area contributed by atoms with E-state index in [-0.39, 0.29) is 11.5 Å². The van der Waals surface area contributed by atoms with Crippen molar-refractivity contribution in [1.82, 2.24) is 9.97 Å². The molecule has 1 rings (SSSR count). The topological polar surface area (TPSA) is 71.8 Å². The molecule has 0 saturated heterocycles. The zero-order valence-corrected chi connectivity index (χ0v) is 7.48. The Balaban J connectivity index is 3.19. The lowest BCUT2D eigenvalue weighted by Gasteiger charge is -2.01. The van der Waals surface area contributed by atoms with Gasteiger partial charge in [0.05, 0.1) is 0 Å². The van der Waals surface area contributed by atoms with Gasteiger partial charge in [-0.1, -0.05) is 0 Å². The van der Waals surface area contributed by atoms with Crippen LogP contribution in [0.5, 0.6) is 0 Å². The Hall–Kier alpha value is -1.03. The molecule has 0 fully saturated rings. The van der Waals surface area contributed by atoms with Gasteiger partial charge in [0.25, 0.3) is 5.56 Å². The summed E-state index contributed by atoms with van der Waals surface area (Å²) in [6, 6.07) is 0. The average molecular weight is 188 g/mol. The number of nitrogen functional groups attached to an aromatic ring is 1. The summed E-state index contributed by atoms with van der Waals surface area (Å²) in [5.74, 6) is 0.561. The summed E-state index contributed by atoms with van der Waals surface area (Å²) in [6.07, 6.45) is 0.524. The van der Waals surface area contributed by atoms with Crippen LogP contribution >= 0.6 is 11.6 Å². The molecule has 4 nitrogen and oxygen atoms in total. The molecule has 5 heteroatoms. The highest BCUT2D eigenvalue weighted by Crippen LogP contribution is 2.01. The van der Waals surface area contributed by atoms with Crippen molar-refractivity contribution in [1.29, 1.82) is 0 Å². The smallest absolute Gasteiger partial charge is 0.255 e. The Morgan fingerprint density at radius 3 is 2.83 bits per heavy atom. The van der Waals surface area contributed by atoms with Crippen molar-refractivity contribution < 1.29 is 0 Å². The minimum Gasteiger partial charge on any atom is -0.369 e. The number of nitrogens with zero attached hydrogens (tertiary/aromatic N) is 1. The van der Waals surface area contributed by atoms with Gasteiger partial charge in [0.1, 0.15) is 0 Å². The molecular formula is C7H10ClN3O. The third kappa shape index (κ3) is 1.76. The van der Waals surface area contributed by atoms with Gasteiger partial charge in [0, 0.05) is 17.1 Å². The highest BCUT2D eigenvalue weighted by atomic mass is 35.5. The van der Waals surface area contributed by atoms with E-state index in [0.717, 1.165) is 0 Å². The lowest BCUT2D eigenvalue weighted by atomic mass is 10.2. The second-order valence-corrected chi connectivity index (χ2v) is 2.83. The summed E-state index contributed by atoms with van der Waals surface area (Å²) < 4.78 is 0. The number of nitrogens with one attached hydrogen (secondary N) is 1. The predicted molar refractivity (Wildman–Crippen MR) is 48.4 cm³/mol. The molecule has 0 aliphatic heterocycles. The van der Waals surface area contributed by atoms with Crippen LogP contribution in [0.1, 0.15) is 11.3 Å². The van der Waals surface area contributed by atoms with Crippen molar-refractivity contribution >= 4 is 17.5 Å². The fraction of sp³-hybridized carbons (Fsp3) is 0.429. The van der Waals surface area contributed by atoms with E-state index < -0.39 is 0 Å². The maximum Gasteiger partial charge on any atom is 0.255 e. The first-order chi connectivity index (χ1) is 5.65. The largest absolute Gasteiger partial charge is 0.369 e. The number of halogens is 1. The third-order valence-corrected chi connectivity index (χ3v) is 1.77. The van der Waals surface area contributed by atoms with Crippen LogP contribution in [0.2, 0.25) is 0 Å². The van der Waals surface area contributed by atoms with Crippen molar-refractivity contribution in [3.8, 4) is 0 Å². The van der Waals surface area contributed by atoms with Gasteiger partial charge in [0.2, 0.25) is 5.95 Å². The number of aromatic nitrogens is 2. The number of aromatic amines is 1. The normalized spacial score (nSPS) is 10.2. The second kappa shape index (κ2) is 3.58. The number of hydrogen-bond donors (Lipinski definition) is 2. The van der Waals surface area contributed by atoms with Crippen LogP contribution in [-0.4, -0.2) is 15.8 Å². The number of anilines is 1. The maximum absolute atomic E-state index is 11.2. The molecule has 0 saturated carbocycles. The van der Waals surface area contributed by atoms with Gasteiger partial charge in [-0.05, 0) is 13.3 Å². The summed E-state index contributed by atoms with van der Waals surface area (Å²) in [5.41, 5.74) is 6.39. The molecule has 0 aromatic carbocycles. The summed E-state index contributed by atoms with van der Waals surface area (Å²) in [5, 5.41) is 0. The molecule has 66 valence electrons. The molecule has 0 aliphatic rings. The van der Waals surface area contributed by atoms with Crippen LogP contribution in [-0.2, 0) is 6.42 Å². The molecule has 1 heterocycles. The van der Waals surface area contributed by atoms with Crippen LogP contribution in [0.25, 0.3) is 0 Å². The first-order valence-corrected chi connectivity index (χ1v) is 4.10. The average Bonchev–Trinajstić information content (AvgIpc) is 1.96. The molecule has 0 unspecified atom stereocenters. The fourth-order valence-electron chi connectivity index (χ4n) is 1.02. The lowest BCUT2D eigenvalue weighted by molar-refractivity contribution is 0.975. The minimum absolute atomic E-state index is 0.149. The molecule has 0 amide bonds. The Morgan fingerprint density at radius 1 is 1.67 bits per heavy atom. The van der Waals surface area contributed by atoms with E-state index in [0.29, 0.717) is 23.6 Å². The van der Waals surface area contributed by atoms with E-state index in [1.807, 2.05) is 0 Å². The number of alkyl halides is 1. The van der Waals surface area contributed by atoms with E-state index in [4.69, 9.17) is 17.3 Å². The van der Waals surface area contributed by atoms with E-state index in [1.54, 1.807) is 6.92 Å². The first-order valence-electron chi connectivity index (χ1n) is 3.56. The van der Waals surface area contributed by atoms with Crippen molar-refractivity contribution in [2.75, 3.05) is 11.6 Å².